The second-order valence-corrected chi connectivity index (χ2v) is 3.44. The van der Waals surface area contributed by atoms with E-state index in [9.17, 15) is 4.39 Å². The summed E-state index contributed by atoms with van der Waals surface area (Å²) < 4.78 is 23.9. The van der Waals surface area contributed by atoms with E-state index < -0.39 is 12.1 Å². The molecule has 88 valence electrons. The fourth-order valence-corrected chi connectivity index (χ4v) is 1.42. The molecule has 3 N–H and O–H groups in total. The van der Waals surface area contributed by atoms with Gasteiger partial charge in [0.25, 0.3) is 0 Å². The van der Waals surface area contributed by atoms with Gasteiger partial charge < -0.3 is 20.5 Å². The minimum atomic E-state index is -0.756. The number of nitrogens with two attached hydrogens (primary N) is 1. The Morgan fingerprint density at radius 2 is 2.06 bits per heavy atom. The Morgan fingerprint density at radius 1 is 1.44 bits per heavy atom. The maximum absolute atomic E-state index is 13.9. The lowest BCUT2D eigenvalue weighted by Crippen LogP contribution is -2.20. The van der Waals surface area contributed by atoms with Crippen LogP contribution in [0, 0.1) is 5.82 Å². The smallest absolute Gasteiger partial charge is 0.186 e. The molecule has 1 aromatic rings. The molecule has 6 heteroatoms. The van der Waals surface area contributed by atoms with Gasteiger partial charge in [0.2, 0.25) is 0 Å². The van der Waals surface area contributed by atoms with Crippen LogP contribution in [-0.4, -0.2) is 19.3 Å². The van der Waals surface area contributed by atoms with Crippen LogP contribution in [0.5, 0.6) is 0 Å². The van der Waals surface area contributed by atoms with Gasteiger partial charge in [-0.2, -0.15) is 0 Å². The molecule has 0 heterocycles. The van der Waals surface area contributed by atoms with E-state index in [4.69, 9.17) is 15.2 Å². The summed E-state index contributed by atoms with van der Waals surface area (Å²) >= 11 is 4.64. The second-order valence-electron chi connectivity index (χ2n) is 3.00. The number of nitrogens with one attached hydrogen (secondary N) is 1. The highest BCUT2D eigenvalue weighted by molar-refractivity contribution is 7.80. The normalized spacial score (nSPS) is 10.5. The predicted octanol–water partition coefficient (Wildman–Crippen LogP) is 1.77. The number of anilines is 1. The summed E-state index contributed by atoms with van der Waals surface area (Å²) in [5.41, 5.74) is 5.76. The average molecular weight is 244 g/mol. The minimum absolute atomic E-state index is 0.00225. The van der Waals surface area contributed by atoms with Crippen LogP contribution in [0.15, 0.2) is 18.2 Å². The van der Waals surface area contributed by atoms with E-state index in [1.54, 1.807) is 12.1 Å². The highest BCUT2D eigenvalue weighted by Crippen LogP contribution is 2.25. The van der Waals surface area contributed by atoms with Crippen LogP contribution in [0.25, 0.3) is 0 Å². The third-order valence-corrected chi connectivity index (χ3v) is 2.07. The van der Waals surface area contributed by atoms with Crippen LogP contribution in [0.2, 0.25) is 0 Å². The van der Waals surface area contributed by atoms with Gasteiger partial charge in [-0.25, -0.2) is 4.39 Å². The van der Waals surface area contributed by atoms with E-state index >= 15 is 0 Å². The maximum atomic E-state index is 13.9. The maximum Gasteiger partial charge on any atom is 0.186 e. The highest BCUT2D eigenvalue weighted by Gasteiger charge is 2.16. The highest BCUT2D eigenvalue weighted by atomic mass is 32.1. The lowest BCUT2D eigenvalue weighted by atomic mass is 10.1. The molecule has 0 aromatic heterocycles. The first-order valence-corrected chi connectivity index (χ1v) is 4.91. The molecule has 0 atom stereocenters. The SMILES string of the molecule is COC(OC)c1cccc(NC(N)=S)c1F. The molecule has 0 fully saturated rings. The molecule has 1 rings (SSSR count). The number of ether oxygens (including phenoxy) is 2. The zero-order valence-electron chi connectivity index (χ0n) is 8.99. The van der Waals surface area contributed by atoms with Gasteiger partial charge in [-0.1, -0.05) is 12.1 Å². The Balaban J connectivity index is 3.07. The number of hydrogen-bond donors (Lipinski definition) is 2. The molecule has 0 saturated carbocycles. The Kier molecular flexibility index (Phi) is 4.60. The van der Waals surface area contributed by atoms with E-state index in [-0.39, 0.29) is 16.4 Å². The topological polar surface area (TPSA) is 56.5 Å². The summed E-state index contributed by atoms with van der Waals surface area (Å²) in [4.78, 5) is 0. The van der Waals surface area contributed by atoms with Crippen molar-refractivity contribution in [3.63, 3.8) is 0 Å². The largest absolute Gasteiger partial charge is 0.376 e. The van der Waals surface area contributed by atoms with E-state index in [2.05, 4.69) is 17.5 Å². The van der Waals surface area contributed by atoms with Gasteiger partial charge in [-0.3, -0.25) is 0 Å². The summed E-state index contributed by atoms with van der Waals surface area (Å²) in [7, 11) is 2.86. The van der Waals surface area contributed by atoms with Crippen molar-refractivity contribution in [1.29, 1.82) is 0 Å². The number of halogens is 1. The van der Waals surface area contributed by atoms with Gasteiger partial charge in [-0.15, -0.1) is 0 Å². The monoisotopic (exact) mass is 244 g/mol. The van der Waals surface area contributed by atoms with Crippen molar-refractivity contribution in [2.45, 2.75) is 6.29 Å². The molecule has 0 spiro atoms. The van der Waals surface area contributed by atoms with Gasteiger partial charge in [0.1, 0.15) is 0 Å². The van der Waals surface area contributed by atoms with Crippen LogP contribution in [-0.2, 0) is 9.47 Å². The lowest BCUT2D eigenvalue weighted by molar-refractivity contribution is -0.107. The molecule has 0 radical (unpaired) electrons. The van der Waals surface area contributed by atoms with Crippen molar-refractivity contribution in [2.75, 3.05) is 19.5 Å². The quantitative estimate of drug-likeness (QED) is 0.624. The molecule has 16 heavy (non-hydrogen) atoms. The first kappa shape index (κ1) is 12.8. The minimum Gasteiger partial charge on any atom is -0.376 e. The van der Waals surface area contributed by atoms with Crippen LogP contribution in [0.4, 0.5) is 10.1 Å². The van der Waals surface area contributed by atoms with E-state index in [0.717, 1.165) is 0 Å². The first-order valence-electron chi connectivity index (χ1n) is 4.50. The molecule has 0 bridgehead atoms. The van der Waals surface area contributed by atoms with Crippen molar-refractivity contribution in [3.05, 3.63) is 29.6 Å². The number of thiocarbonyl (C=S) groups is 1. The molecule has 0 aliphatic heterocycles. The van der Waals surface area contributed by atoms with E-state index in [1.807, 2.05) is 0 Å². The zero-order chi connectivity index (χ0) is 12.1. The third kappa shape index (κ3) is 2.88. The van der Waals surface area contributed by atoms with Gasteiger partial charge in [0.05, 0.1) is 5.69 Å². The van der Waals surface area contributed by atoms with E-state index in [1.165, 1.54) is 20.3 Å². The Hall–Kier alpha value is -1.24. The molecule has 0 saturated heterocycles. The summed E-state index contributed by atoms with van der Waals surface area (Å²) in [5, 5.41) is 2.54. The van der Waals surface area contributed by atoms with Crippen LogP contribution in [0.1, 0.15) is 11.9 Å². The number of methoxy groups -OCH3 is 2. The lowest BCUT2D eigenvalue weighted by Gasteiger charge is -2.16. The van der Waals surface area contributed by atoms with Crippen LogP contribution in [0.3, 0.4) is 0 Å². The summed E-state index contributed by atoms with van der Waals surface area (Å²) in [6.45, 7) is 0. The van der Waals surface area contributed by atoms with Crippen LogP contribution >= 0.6 is 12.2 Å². The van der Waals surface area contributed by atoms with Crippen molar-refractivity contribution in [2.24, 2.45) is 5.73 Å². The first-order chi connectivity index (χ1) is 7.60. The molecular weight excluding hydrogens is 231 g/mol. The Labute approximate surface area is 98.5 Å². The van der Waals surface area contributed by atoms with Gasteiger partial charge in [-0.05, 0) is 18.3 Å². The van der Waals surface area contributed by atoms with Crippen LogP contribution < -0.4 is 11.1 Å². The number of hydrogen-bond acceptors (Lipinski definition) is 3. The third-order valence-electron chi connectivity index (χ3n) is 1.97. The van der Waals surface area contributed by atoms with Gasteiger partial charge in [0, 0.05) is 19.8 Å². The fourth-order valence-electron chi connectivity index (χ4n) is 1.31. The standard InChI is InChI=1S/C10H13FN2O2S/c1-14-9(15-2)6-4-3-5-7(8(6)11)13-10(12)16/h3-5,9H,1-2H3,(H3,12,13,16). The Morgan fingerprint density at radius 3 is 2.56 bits per heavy atom. The van der Waals surface area contributed by atoms with Gasteiger partial charge >= 0.3 is 0 Å². The second kappa shape index (κ2) is 5.74. The van der Waals surface area contributed by atoms with Crippen molar-refractivity contribution in [1.82, 2.24) is 0 Å². The molecule has 0 aliphatic rings. The number of rotatable bonds is 4. The predicted molar refractivity (Wildman–Crippen MR) is 63.6 cm³/mol. The summed E-state index contributed by atoms with van der Waals surface area (Å²) in [6, 6.07) is 4.75. The molecule has 0 amide bonds. The molecule has 4 nitrogen and oxygen atoms in total. The summed E-state index contributed by atoms with van der Waals surface area (Å²) in [6.07, 6.45) is -0.756. The summed E-state index contributed by atoms with van der Waals surface area (Å²) in [5.74, 6) is -0.496. The van der Waals surface area contributed by atoms with Crippen molar-refractivity contribution < 1.29 is 13.9 Å². The average Bonchev–Trinajstić information content (AvgIpc) is 2.24. The molecule has 1 aromatic carbocycles. The Bertz CT molecular complexity index is 383. The molecule has 0 aliphatic carbocycles. The van der Waals surface area contributed by atoms with E-state index in [0.29, 0.717) is 0 Å². The van der Waals surface area contributed by atoms with Gasteiger partial charge in [0.15, 0.2) is 17.2 Å². The zero-order valence-corrected chi connectivity index (χ0v) is 9.81. The molecule has 0 unspecified atom stereocenters. The van der Waals surface area contributed by atoms with Crippen molar-refractivity contribution in [3.8, 4) is 0 Å². The molecular formula is C10H13FN2O2S. The van der Waals surface area contributed by atoms with Crippen molar-refractivity contribution >= 4 is 23.0 Å². The fraction of sp³-hybridized carbons (Fsp3) is 0.300. The number of benzene rings is 1.